The van der Waals surface area contributed by atoms with Gasteiger partial charge in [-0.05, 0) is 6.92 Å². The summed E-state index contributed by atoms with van der Waals surface area (Å²) in [7, 11) is 1.80. The van der Waals surface area contributed by atoms with E-state index >= 15 is 0 Å². The van der Waals surface area contributed by atoms with Gasteiger partial charge in [-0.2, -0.15) is 0 Å². The molecule has 7 heteroatoms. The second-order valence-electron chi connectivity index (χ2n) is 4.11. The van der Waals surface area contributed by atoms with Crippen molar-refractivity contribution in [3.63, 3.8) is 0 Å². The fraction of sp³-hybridized carbons (Fsp3) is 0.545. The topological polar surface area (TPSA) is 93.4 Å². The molecule has 2 rings (SSSR count). The summed E-state index contributed by atoms with van der Waals surface area (Å²) in [5.74, 6) is 1.06. The van der Waals surface area contributed by atoms with Gasteiger partial charge in [0.2, 0.25) is 5.91 Å². The molecular weight excluding hydrogens is 234 g/mol. The number of carbonyl (C=O) groups excluding carboxylic acids is 1. The van der Waals surface area contributed by atoms with Gasteiger partial charge in [-0.25, -0.2) is 9.97 Å². The fourth-order valence-corrected chi connectivity index (χ4v) is 2.08. The minimum absolute atomic E-state index is 0.299. The lowest BCUT2D eigenvalue weighted by molar-refractivity contribution is -0.121. The third-order valence-corrected chi connectivity index (χ3v) is 3.02. The first-order valence-electron chi connectivity index (χ1n) is 5.78. The molecule has 0 aliphatic carbocycles. The molecule has 0 spiro atoms. The molecule has 1 aromatic heterocycles. The van der Waals surface area contributed by atoms with Gasteiger partial charge in [0.15, 0.2) is 0 Å². The van der Waals surface area contributed by atoms with Gasteiger partial charge in [-0.1, -0.05) is 0 Å². The monoisotopic (exact) mass is 251 g/mol. The second-order valence-corrected chi connectivity index (χ2v) is 4.11. The Balaban J connectivity index is 2.36. The van der Waals surface area contributed by atoms with Crippen LogP contribution >= 0.6 is 0 Å². The average molecular weight is 251 g/mol. The van der Waals surface area contributed by atoms with Gasteiger partial charge >= 0.3 is 0 Å². The van der Waals surface area contributed by atoms with Crippen molar-refractivity contribution in [1.82, 2.24) is 9.97 Å². The summed E-state index contributed by atoms with van der Waals surface area (Å²) in [5, 5.41) is 2.99. The van der Waals surface area contributed by atoms with Gasteiger partial charge in [-0.3, -0.25) is 4.79 Å². The number of nitrogens with two attached hydrogens (primary N) is 1. The Bertz CT molecular complexity index is 451. The number of amides is 1. The molecule has 0 saturated carbocycles. The number of anilines is 2. The highest BCUT2D eigenvalue weighted by Crippen LogP contribution is 2.24. The number of ether oxygens (including phenoxy) is 1. The summed E-state index contributed by atoms with van der Waals surface area (Å²) >= 11 is 0. The zero-order valence-corrected chi connectivity index (χ0v) is 10.5. The SMILES string of the molecule is CNc1ncnc(N2CCOCC2C(N)=O)c1C. The number of aromatic nitrogens is 2. The quantitative estimate of drug-likeness (QED) is 0.753. The van der Waals surface area contributed by atoms with E-state index in [0.717, 1.165) is 17.2 Å². The highest BCUT2D eigenvalue weighted by Gasteiger charge is 2.30. The van der Waals surface area contributed by atoms with Gasteiger partial charge in [0.05, 0.1) is 13.2 Å². The minimum Gasteiger partial charge on any atom is -0.377 e. The Morgan fingerprint density at radius 1 is 1.61 bits per heavy atom. The van der Waals surface area contributed by atoms with Gasteiger partial charge in [0.25, 0.3) is 0 Å². The number of primary amides is 1. The number of nitrogens with zero attached hydrogens (tertiary/aromatic N) is 3. The summed E-state index contributed by atoms with van der Waals surface area (Å²) in [5.41, 5.74) is 6.29. The molecule has 1 aromatic rings. The van der Waals surface area contributed by atoms with Crippen molar-refractivity contribution in [2.45, 2.75) is 13.0 Å². The molecule has 3 N–H and O–H groups in total. The van der Waals surface area contributed by atoms with Crippen LogP contribution in [-0.2, 0) is 9.53 Å². The summed E-state index contributed by atoms with van der Waals surface area (Å²) in [6, 6.07) is -0.475. The van der Waals surface area contributed by atoms with Crippen LogP contribution in [-0.4, -0.2) is 48.7 Å². The predicted molar refractivity (Wildman–Crippen MR) is 67.5 cm³/mol. The number of nitrogens with one attached hydrogen (secondary N) is 1. The van der Waals surface area contributed by atoms with Crippen LogP contribution in [0.4, 0.5) is 11.6 Å². The van der Waals surface area contributed by atoms with Gasteiger partial charge in [-0.15, -0.1) is 0 Å². The maximum Gasteiger partial charge on any atom is 0.242 e. The number of rotatable bonds is 3. The molecule has 1 amide bonds. The van der Waals surface area contributed by atoms with Crippen molar-refractivity contribution in [3.05, 3.63) is 11.9 Å². The van der Waals surface area contributed by atoms with Crippen molar-refractivity contribution < 1.29 is 9.53 Å². The standard InChI is InChI=1S/C11H17N5O2/c1-7-10(13-2)14-6-15-11(7)16-3-4-18-5-8(16)9(12)17/h6,8H,3-5H2,1-2H3,(H2,12,17)(H,13,14,15). The lowest BCUT2D eigenvalue weighted by Gasteiger charge is -2.35. The van der Waals surface area contributed by atoms with Crippen molar-refractivity contribution in [3.8, 4) is 0 Å². The van der Waals surface area contributed by atoms with Crippen molar-refractivity contribution in [1.29, 1.82) is 0 Å². The van der Waals surface area contributed by atoms with Crippen molar-refractivity contribution in [2.24, 2.45) is 5.73 Å². The molecule has 0 aromatic carbocycles. The van der Waals surface area contributed by atoms with Crippen LogP contribution in [0.3, 0.4) is 0 Å². The second kappa shape index (κ2) is 5.18. The largest absolute Gasteiger partial charge is 0.377 e. The molecule has 1 atom stereocenters. The maximum absolute atomic E-state index is 11.4. The van der Waals surface area contributed by atoms with E-state index in [4.69, 9.17) is 10.5 Å². The average Bonchev–Trinajstić information content (AvgIpc) is 2.39. The molecule has 1 unspecified atom stereocenters. The summed E-state index contributed by atoms with van der Waals surface area (Å²) < 4.78 is 5.29. The van der Waals surface area contributed by atoms with Crippen molar-refractivity contribution >= 4 is 17.5 Å². The van der Waals surface area contributed by atoms with E-state index in [1.54, 1.807) is 7.05 Å². The van der Waals surface area contributed by atoms with Crippen LogP contribution < -0.4 is 16.0 Å². The van der Waals surface area contributed by atoms with Gasteiger partial charge < -0.3 is 20.7 Å². The molecule has 1 saturated heterocycles. The Kier molecular flexibility index (Phi) is 3.61. The number of morpholine rings is 1. The van der Waals surface area contributed by atoms with E-state index in [1.807, 2.05) is 11.8 Å². The molecule has 2 heterocycles. The van der Waals surface area contributed by atoms with E-state index in [1.165, 1.54) is 6.33 Å². The zero-order chi connectivity index (χ0) is 13.1. The molecule has 0 radical (unpaired) electrons. The number of carbonyl (C=O) groups is 1. The molecule has 98 valence electrons. The van der Waals surface area contributed by atoms with Gasteiger partial charge in [0, 0.05) is 19.2 Å². The van der Waals surface area contributed by atoms with E-state index < -0.39 is 11.9 Å². The minimum atomic E-state index is -0.475. The van der Waals surface area contributed by atoms with E-state index in [0.29, 0.717) is 19.8 Å². The van der Waals surface area contributed by atoms with Gasteiger partial charge in [0.1, 0.15) is 24.0 Å². The highest BCUT2D eigenvalue weighted by molar-refractivity contribution is 5.84. The van der Waals surface area contributed by atoms with E-state index in [9.17, 15) is 4.79 Å². The van der Waals surface area contributed by atoms with E-state index in [-0.39, 0.29) is 0 Å². The first-order chi connectivity index (χ1) is 8.65. The van der Waals surface area contributed by atoms with Crippen molar-refractivity contribution in [2.75, 3.05) is 37.0 Å². The van der Waals surface area contributed by atoms with E-state index in [2.05, 4.69) is 15.3 Å². The predicted octanol–water partition coefficient (Wildman–Crippen LogP) is -0.483. The lowest BCUT2D eigenvalue weighted by Crippen LogP contribution is -2.53. The third-order valence-electron chi connectivity index (χ3n) is 3.02. The summed E-state index contributed by atoms with van der Waals surface area (Å²) in [6.45, 7) is 3.36. The Hall–Kier alpha value is -1.89. The van der Waals surface area contributed by atoms with Crippen LogP contribution in [0.2, 0.25) is 0 Å². The maximum atomic E-state index is 11.4. The molecule has 0 bridgehead atoms. The first kappa shape index (κ1) is 12.6. The summed E-state index contributed by atoms with van der Waals surface area (Å²) in [4.78, 5) is 21.7. The Morgan fingerprint density at radius 3 is 3.06 bits per heavy atom. The highest BCUT2D eigenvalue weighted by atomic mass is 16.5. The molecular formula is C11H17N5O2. The van der Waals surface area contributed by atoms with Crippen LogP contribution in [0.15, 0.2) is 6.33 Å². The Labute approximate surface area is 105 Å². The summed E-state index contributed by atoms with van der Waals surface area (Å²) in [6.07, 6.45) is 1.47. The molecule has 1 aliphatic heterocycles. The normalized spacial score (nSPS) is 19.7. The fourth-order valence-electron chi connectivity index (χ4n) is 2.08. The Morgan fingerprint density at radius 2 is 2.39 bits per heavy atom. The van der Waals surface area contributed by atoms with Crippen LogP contribution in [0.5, 0.6) is 0 Å². The zero-order valence-electron chi connectivity index (χ0n) is 10.5. The molecule has 18 heavy (non-hydrogen) atoms. The lowest BCUT2D eigenvalue weighted by atomic mass is 10.2. The smallest absolute Gasteiger partial charge is 0.242 e. The van der Waals surface area contributed by atoms with Crippen LogP contribution in [0, 0.1) is 6.92 Å². The number of hydrogen-bond acceptors (Lipinski definition) is 6. The number of hydrogen-bond donors (Lipinski definition) is 2. The molecule has 1 aliphatic rings. The first-order valence-corrected chi connectivity index (χ1v) is 5.78. The molecule has 1 fully saturated rings. The van der Waals surface area contributed by atoms with Crippen LogP contribution in [0.25, 0.3) is 0 Å². The molecule has 7 nitrogen and oxygen atoms in total. The third kappa shape index (κ3) is 2.21. The van der Waals surface area contributed by atoms with Crippen LogP contribution in [0.1, 0.15) is 5.56 Å².